The van der Waals surface area contributed by atoms with Crippen molar-refractivity contribution in [3.05, 3.63) is 47.5 Å². The average molecular weight is 376 g/mol. The molecule has 1 aliphatic rings. The minimum Gasteiger partial charge on any atom is -0.497 e. The van der Waals surface area contributed by atoms with Crippen LogP contribution in [0.1, 0.15) is 0 Å². The molecule has 6 nitrogen and oxygen atoms in total. The van der Waals surface area contributed by atoms with Crippen LogP contribution in [0.4, 0.5) is 16.2 Å². The van der Waals surface area contributed by atoms with Gasteiger partial charge in [0.25, 0.3) is 0 Å². The number of carbonyl (C=O) groups is 1. The van der Waals surface area contributed by atoms with Crippen LogP contribution < -0.4 is 19.7 Å². The van der Waals surface area contributed by atoms with E-state index in [9.17, 15) is 4.79 Å². The zero-order valence-corrected chi connectivity index (χ0v) is 15.6. The molecule has 138 valence electrons. The van der Waals surface area contributed by atoms with Gasteiger partial charge in [0.15, 0.2) is 0 Å². The van der Waals surface area contributed by atoms with Crippen LogP contribution in [-0.4, -0.2) is 51.3 Å². The van der Waals surface area contributed by atoms with E-state index in [-0.39, 0.29) is 6.03 Å². The molecule has 26 heavy (non-hydrogen) atoms. The Hall–Kier alpha value is -2.60. The van der Waals surface area contributed by atoms with E-state index in [2.05, 4.69) is 10.2 Å². The van der Waals surface area contributed by atoms with Crippen molar-refractivity contribution in [1.29, 1.82) is 0 Å². The molecule has 0 saturated carbocycles. The van der Waals surface area contributed by atoms with Crippen molar-refractivity contribution in [3.63, 3.8) is 0 Å². The van der Waals surface area contributed by atoms with E-state index in [1.165, 1.54) is 0 Å². The van der Waals surface area contributed by atoms with Gasteiger partial charge >= 0.3 is 6.03 Å². The summed E-state index contributed by atoms with van der Waals surface area (Å²) in [6.07, 6.45) is 0. The number of anilines is 2. The third-order valence-electron chi connectivity index (χ3n) is 4.41. The molecule has 1 heterocycles. The molecular formula is C19H22ClN3O3. The molecule has 0 radical (unpaired) electrons. The zero-order chi connectivity index (χ0) is 18.5. The maximum absolute atomic E-state index is 12.5. The lowest BCUT2D eigenvalue weighted by Crippen LogP contribution is -2.50. The summed E-state index contributed by atoms with van der Waals surface area (Å²) in [5.41, 5.74) is 1.78. The lowest BCUT2D eigenvalue weighted by Gasteiger charge is -2.36. The second-order valence-electron chi connectivity index (χ2n) is 5.95. The van der Waals surface area contributed by atoms with Crippen molar-refractivity contribution in [1.82, 2.24) is 4.90 Å². The molecular weight excluding hydrogens is 354 g/mol. The Morgan fingerprint density at radius 1 is 1.00 bits per heavy atom. The van der Waals surface area contributed by atoms with Crippen molar-refractivity contribution < 1.29 is 14.3 Å². The number of carbonyl (C=O) groups excluding carboxylic acids is 1. The van der Waals surface area contributed by atoms with Gasteiger partial charge in [0.2, 0.25) is 0 Å². The molecule has 3 rings (SSSR count). The van der Waals surface area contributed by atoms with Gasteiger partial charge in [0.1, 0.15) is 11.5 Å². The fourth-order valence-electron chi connectivity index (χ4n) is 2.91. The third kappa shape index (κ3) is 4.14. The fraction of sp³-hybridized carbons (Fsp3) is 0.316. The van der Waals surface area contributed by atoms with Gasteiger partial charge in [-0.2, -0.15) is 0 Å². The fourth-order valence-corrected chi connectivity index (χ4v) is 3.17. The molecule has 0 unspecified atom stereocenters. The van der Waals surface area contributed by atoms with Crippen molar-refractivity contribution in [2.45, 2.75) is 0 Å². The summed E-state index contributed by atoms with van der Waals surface area (Å²) in [6.45, 7) is 2.87. The smallest absolute Gasteiger partial charge is 0.321 e. The van der Waals surface area contributed by atoms with E-state index in [0.717, 1.165) is 24.5 Å². The minimum atomic E-state index is -0.124. The van der Waals surface area contributed by atoms with Crippen LogP contribution in [0.15, 0.2) is 42.5 Å². The maximum atomic E-state index is 12.5. The average Bonchev–Trinajstić information content (AvgIpc) is 2.68. The van der Waals surface area contributed by atoms with Crippen LogP contribution in [-0.2, 0) is 0 Å². The number of hydrogen-bond acceptors (Lipinski definition) is 4. The first-order chi connectivity index (χ1) is 12.6. The highest BCUT2D eigenvalue weighted by Crippen LogP contribution is 2.27. The lowest BCUT2D eigenvalue weighted by atomic mass is 10.2. The molecule has 1 aliphatic heterocycles. The number of piperazine rings is 1. The number of methoxy groups -OCH3 is 2. The third-order valence-corrected chi connectivity index (χ3v) is 4.70. The van der Waals surface area contributed by atoms with Crippen molar-refractivity contribution in [3.8, 4) is 11.5 Å². The molecule has 2 aromatic rings. The summed E-state index contributed by atoms with van der Waals surface area (Å²) in [5, 5.41) is 3.35. The number of benzene rings is 2. The van der Waals surface area contributed by atoms with E-state index in [1.807, 2.05) is 24.3 Å². The molecule has 1 N–H and O–H groups in total. The number of ether oxygens (including phenoxy) is 2. The van der Waals surface area contributed by atoms with E-state index in [4.69, 9.17) is 21.1 Å². The molecule has 2 aromatic carbocycles. The normalized spacial score (nSPS) is 14.1. The summed E-state index contributed by atoms with van der Waals surface area (Å²) in [7, 11) is 3.21. The SMILES string of the molecule is COc1ccc(N2CCN(C(=O)Nc3ccc(OC)c(Cl)c3)CC2)cc1. The van der Waals surface area contributed by atoms with Gasteiger partial charge in [0, 0.05) is 37.6 Å². The molecule has 1 fully saturated rings. The van der Waals surface area contributed by atoms with Crippen LogP contribution >= 0.6 is 11.6 Å². The summed E-state index contributed by atoms with van der Waals surface area (Å²) < 4.78 is 10.3. The number of nitrogens with zero attached hydrogens (tertiary/aromatic N) is 2. The minimum absolute atomic E-state index is 0.124. The van der Waals surface area contributed by atoms with Gasteiger partial charge < -0.3 is 24.6 Å². The lowest BCUT2D eigenvalue weighted by molar-refractivity contribution is 0.208. The molecule has 0 bridgehead atoms. The maximum Gasteiger partial charge on any atom is 0.321 e. The van der Waals surface area contributed by atoms with Crippen molar-refractivity contribution >= 4 is 29.0 Å². The molecule has 2 amide bonds. The quantitative estimate of drug-likeness (QED) is 0.885. The number of rotatable bonds is 4. The predicted molar refractivity (Wildman–Crippen MR) is 104 cm³/mol. The Morgan fingerprint density at radius 3 is 2.27 bits per heavy atom. The molecule has 0 atom stereocenters. The Labute approximate surface area is 158 Å². The van der Waals surface area contributed by atoms with Crippen molar-refractivity contribution in [2.75, 3.05) is 50.6 Å². The van der Waals surface area contributed by atoms with E-state index >= 15 is 0 Å². The van der Waals surface area contributed by atoms with Gasteiger partial charge in [-0.1, -0.05) is 11.6 Å². The van der Waals surface area contributed by atoms with Crippen LogP contribution in [0, 0.1) is 0 Å². The molecule has 0 aliphatic carbocycles. The molecule has 0 aromatic heterocycles. The molecule has 7 heteroatoms. The van der Waals surface area contributed by atoms with Crippen LogP contribution in [0.2, 0.25) is 5.02 Å². The second kappa shape index (κ2) is 8.19. The zero-order valence-electron chi connectivity index (χ0n) is 14.9. The predicted octanol–water partition coefficient (Wildman–Crippen LogP) is 3.71. The molecule has 1 saturated heterocycles. The Morgan fingerprint density at radius 2 is 1.69 bits per heavy atom. The van der Waals surface area contributed by atoms with Gasteiger partial charge in [-0.25, -0.2) is 4.79 Å². The Balaban J connectivity index is 1.55. The molecule has 0 spiro atoms. The Kier molecular flexibility index (Phi) is 5.73. The summed E-state index contributed by atoms with van der Waals surface area (Å²) in [6, 6.07) is 13.0. The van der Waals surface area contributed by atoms with Gasteiger partial charge in [-0.15, -0.1) is 0 Å². The number of amides is 2. The Bertz CT molecular complexity index is 759. The highest BCUT2D eigenvalue weighted by Gasteiger charge is 2.21. The monoisotopic (exact) mass is 375 g/mol. The first-order valence-electron chi connectivity index (χ1n) is 8.39. The summed E-state index contributed by atoms with van der Waals surface area (Å²) >= 11 is 6.10. The van der Waals surface area contributed by atoms with Gasteiger partial charge in [0.05, 0.1) is 19.2 Å². The van der Waals surface area contributed by atoms with Crippen LogP contribution in [0.3, 0.4) is 0 Å². The summed E-state index contributed by atoms with van der Waals surface area (Å²) in [5.74, 6) is 1.42. The first-order valence-corrected chi connectivity index (χ1v) is 8.77. The van der Waals surface area contributed by atoms with Gasteiger partial charge in [-0.3, -0.25) is 0 Å². The van der Waals surface area contributed by atoms with E-state index < -0.39 is 0 Å². The van der Waals surface area contributed by atoms with E-state index in [0.29, 0.717) is 29.5 Å². The van der Waals surface area contributed by atoms with Crippen LogP contribution in [0.25, 0.3) is 0 Å². The number of hydrogen-bond donors (Lipinski definition) is 1. The van der Waals surface area contributed by atoms with Gasteiger partial charge in [-0.05, 0) is 42.5 Å². The number of nitrogens with one attached hydrogen (secondary N) is 1. The first kappa shape index (κ1) is 18.2. The number of halogens is 1. The highest BCUT2D eigenvalue weighted by atomic mass is 35.5. The van der Waals surface area contributed by atoms with Crippen LogP contribution in [0.5, 0.6) is 11.5 Å². The standard InChI is InChI=1S/C19H22ClN3O3/c1-25-16-6-4-15(5-7-16)22-9-11-23(12-10-22)19(24)21-14-3-8-18(26-2)17(20)13-14/h3-8,13H,9-12H2,1-2H3,(H,21,24). The summed E-state index contributed by atoms with van der Waals surface area (Å²) in [4.78, 5) is 16.5. The van der Waals surface area contributed by atoms with E-state index in [1.54, 1.807) is 37.3 Å². The topological polar surface area (TPSA) is 54.0 Å². The van der Waals surface area contributed by atoms with Crippen molar-refractivity contribution in [2.24, 2.45) is 0 Å². The second-order valence-corrected chi connectivity index (χ2v) is 6.36. The largest absolute Gasteiger partial charge is 0.497 e. The highest BCUT2D eigenvalue weighted by molar-refractivity contribution is 6.32. The number of urea groups is 1.